The molecule has 7 heteroatoms. The van der Waals surface area contributed by atoms with Crippen LogP contribution in [0.4, 0.5) is 0 Å². The normalized spacial score (nSPS) is 12.2. The number of thiophene rings is 1. The average Bonchev–Trinajstić information content (AvgIpc) is 3.29. The summed E-state index contributed by atoms with van der Waals surface area (Å²) in [6, 6.07) is 20.5. The van der Waals surface area contributed by atoms with Crippen molar-refractivity contribution in [3.8, 4) is 5.69 Å². The van der Waals surface area contributed by atoms with E-state index in [1.807, 2.05) is 35.7 Å². The smallest absolute Gasteiger partial charge is 0.279 e. The molecular formula is C23H23N4O2S+. The fraction of sp³-hybridized carbons (Fsp3) is 0.174. The zero-order valence-corrected chi connectivity index (χ0v) is 17.6. The number of hydrogen-bond donors (Lipinski definition) is 2. The maximum absolute atomic E-state index is 13.2. The van der Waals surface area contributed by atoms with Gasteiger partial charge in [0.05, 0.1) is 36.6 Å². The van der Waals surface area contributed by atoms with Gasteiger partial charge in [0.15, 0.2) is 5.69 Å². The van der Waals surface area contributed by atoms with Crippen LogP contribution in [0.25, 0.3) is 16.5 Å². The number of benzene rings is 2. The quantitative estimate of drug-likeness (QED) is 0.503. The summed E-state index contributed by atoms with van der Waals surface area (Å²) in [6.07, 6.45) is 0. The van der Waals surface area contributed by atoms with Crippen LogP contribution in [-0.2, 0) is 0 Å². The van der Waals surface area contributed by atoms with Gasteiger partial charge in [0, 0.05) is 5.39 Å². The van der Waals surface area contributed by atoms with Gasteiger partial charge in [-0.3, -0.25) is 9.59 Å². The molecule has 0 saturated carbocycles. The first-order valence-electron chi connectivity index (χ1n) is 9.75. The lowest BCUT2D eigenvalue weighted by molar-refractivity contribution is -0.890. The van der Waals surface area contributed by atoms with Crippen LogP contribution in [0.5, 0.6) is 0 Å². The predicted octanol–water partition coefficient (Wildman–Crippen LogP) is 2.06. The van der Waals surface area contributed by atoms with Gasteiger partial charge >= 0.3 is 0 Å². The van der Waals surface area contributed by atoms with Crippen molar-refractivity contribution in [1.82, 2.24) is 15.1 Å². The van der Waals surface area contributed by atoms with E-state index in [1.165, 1.54) is 14.5 Å². The van der Waals surface area contributed by atoms with Crippen molar-refractivity contribution in [2.45, 2.75) is 6.04 Å². The number of nitrogens with zero attached hydrogens (tertiary/aromatic N) is 2. The van der Waals surface area contributed by atoms with Crippen LogP contribution >= 0.6 is 11.3 Å². The van der Waals surface area contributed by atoms with Crippen molar-refractivity contribution >= 4 is 28.0 Å². The lowest BCUT2D eigenvalue weighted by Crippen LogP contribution is -3.06. The molecule has 1 amide bonds. The average molecular weight is 420 g/mol. The van der Waals surface area contributed by atoms with Gasteiger partial charge in [-0.2, -0.15) is 9.78 Å². The zero-order chi connectivity index (χ0) is 21.1. The van der Waals surface area contributed by atoms with Crippen LogP contribution < -0.4 is 15.8 Å². The first-order chi connectivity index (χ1) is 14.6. The highest BCUT2D eigenvalue weighted by molar-refractivity contribution is 7.10. The van der Waals surface area contributed by atoms with E-state index in [1.54, 1.807) is 41.7 Å². The maximum atomic E-state index is 13.2. The Labute approximate surface area is 178 Å². The summed E-state index contributed by atoms with van der Waals surface area (Å²) >= 11 is 1.68. The lowest BCUT2D eigenvalue weighted by atomic mass is 10.1. The van der Waals surface area contributed by atoms with Gasteiger partial charge in [-0.1, -0.05) is 42.5 Å². The van der Waals surface area contributed by atoms with Crippen molar-refractivity contribution in [3.05, 3.63) is 93.0 Å². The molecule has 0 fully saturated rings. The standard InChI is InChI=1S/C23H22N4O2S/c1-26(2)19(20-13-8-14-30-20)15-24-22(28)21-17-11-6-7-12-18(17)23(29)27(25-21)16-9-4-3-5-10-16/h3-14,19H,15H2,1-2H3,(H,24,28)/p+1/t19-/m0/s1. The molecule has 0 saturated heterocycles. The van der Waals surface area contributed by atoms with E-state index in [0.29, 0.717) is 23.0 Å². The molecule has 4 aromatic rings. The van der Waals surface area contributed by atoms with Crippen LogP contribution in [0, 0.1) is 0 Å². The molecule has 0 radical (unpaired) electrons. The van der Waals surface area contributed by atoms with E-state index in [2.05, 4.69) is 30.6 Å². The zero-order valence-electron chi connectivity index (χ0n) is 16.8. The number of aromatic nitrogens is 2. The molecule has 0 aliphatic carbocycles. The van der Waals surface area contributed by atoms with Crippen LogP contribution in [0.3, 0.4) is 0 Å². The highest BCUT2D eigenvalue weighted by Gasteiger charge is 2.22. The third-order valence-corrected chi connectivity index (χ3v) is 6.06. The Hall–Kier alpha value is -3.29. The summed E-state index contributed by atoms with van der Waals surface area (Å²) in [5.41, 5.74) is 0.617. The Morgan fingerprint density at radius 3 is 2.40 bits per heavy atom. The summed E-state index contributed by atoms with van der Waals surface area (Å²) in [4.78, 5) is 28.6. The third kappa shape index (κ3) is 3.90. The van der Waals surface area contributed by atoms with Crippen molar-refractivity contribution in [2.75, 3.05) is 20.6 Å². The molecular weight excluding hydrogens is 396 g/mol. The molecule has 2 aromatic carbocycles. The molecule has 0 bridgehead atoms. The Bertz CT molecular complexity index is 1220. The number of carbonyl (C=O) groups excluding carboxylic acids is 1. The molecule has 2 aromatic heterocycles. The summed E-state index contributed by atoms with van der Waals surface area (Å²) in [5.74, 6) is -0.293. The number of likely N-dealkylation sites (N-methyl/N-ethyl adjacent to an activating group) is 1. The minimum absolute atomic E-state index is 0.139. The number of quaternary nitrogens is 1. The fourth-order valence-corrected chi connectivity index (χ4v) is 4.41. The number of hydrogen-bond acceptors (Lipinski definition) is 4. The van der Waals surface area contributed by atoms with Crippen molar-refractivity contribution in [2.24, 2.45) is 0 Å². The van der Waals surface area contributed by atoms with Gasteiger partial charge < -0.3 is 10.2 Å². The number of fused-ring (bicyclic) bond motifs is 1. The van der Waals surface area contributed by atoms with E-state index >= 15 is 0 Å². The number of amides is 1. The predicted molar refractivity (Wildman–Crippen MR) is 120 cm³/mol. The molecule has 2 N–H and O–H groups in total. The van der Waals surface area contributed by atoms with Crippen molar-refractivity contribution in [3.63, 3.8) is 0 Å². The van der Waals surface area contributed by atoms with E-state index in [9.17, 15) is 9.59 Å². The number of carbonyl (C=O) groups is 1. The summed E-state index contributed by atoms with van der Waals surface area (Å²) in [5, 5.41) is 10.5. The van der Waals surface area contributed by atoms with Gasteiger partial charge in [0.1, 0.15) is 6.04 Å². The molecule has 30 heavy (non-hydrogen) atoms. The van der Waals surface area contributed by atoms with E-state index in [4.69, 9.17) is 0 Å². The van der Waals surface area contributed by atoms with Gasteiger partial charge in [0.25, 0.3) is 11.5 Å². The van der Waals surface area contributed by atoms with Gasteiger partial charge in [-0.05, 0) is 29.6 Å². The van der Waals surface area contributed by atoms with Crippen molar-refractivity contribution in [1.29, 1.82) is 0 Å². The molecule has 0 spiro atoms. The maximum Gasteiger partial charge on any atom is 0.279 e. The number of para-hydroxylation sites is 1. The molecule has 152 valence electrons. The van der Waals surface area contributed by atoms with Gasteiger partial charge in [-0.25, -0.2) is 0 Å². The SMILES string of the molecule is C[NH+](C)[C@@H](CNC(=O)c1nn(-c2ccccc2)c(=O)c2ccccc12)c1cccs1. The first-order valence-corrected chi connectivity index (χ1v) is 10.6. The van der Waals surface area contributed by atoms with Crippen LogP contribution in [0.15, 0.2) is 76.9 Å². The van der Waals surface area contributed by atoms with E-state index < -0.39 is 0 Å². The highest BCUT2D eigenvalue weighted by Crippen LogP contribution is 2.17. The molecule has 6 nitrogen and oxygen atoms in total. The van der Waals surface area contributed by atoms with E-state index in [-0.39, 0.29) is 23.2 Å². The largest absolute Gasteiger partial charge is 0.344 e. The molecule has 1 atom stereocenters. The molecule has 0 aliphatic heterocycles. The number of nitrogens with one attached hydrogen (secondary N) is 2. The second kappa shape index (κ2) is 8.61. The Morgan fingerprint density at radius 1 is 1.03 bits per heavy atom. The Balaban J connectivity index is 1.72. The van der Waals surface area contributed by atoms with Crippen LogP contribution in [0.2, 0.25) is 0 Å². The third-order valence-electron chi connectivity index (χ3n) is 5.07. The number of rotatable bonds is 6. The lowest BCUT2D eigenvalue weighted by Gasteiger charge is -2.20. The topological polar surface area (TPSA) is 68.4 Å². The monoisotopic (exact) mass is 419 g/mol. The minimum Gasteiger partial charge on any atom is -0.344 e. The minimum atomic E-state index is -0.293. The Morgan fingerprint density at radius 2 is 1.73 bits per heavy atom. The second-order valence-electron chi connectivity index (χ2n) is 7.30. The van der Waals surface area contributed by atoms with Crippen molar-refractivity contribution < 1.29 is 9.69 Å². The second-order valence-corrected chi connectivity index (χ2v) is 8.28. The molecule has 2 heterocycles. The summed E-state index contributed by atoms with van der Waals surface area (Å²) < 4.78 is 1.30. The van der Waals surface area contributed by atoms with E-state index in [0.717, 1.165) is 0 Å². The highest BCUT2D eigenvalue weighted by atomic mass is 32.1. The molecule has 4 rings (SSSR count). The molecule has 0 unspecified atom stereocenters. The van der Waals surface area contributed by atoms with Gasteiger partial charge in [0.2, 0.25) is 0 Å². The summed E-state index contributed by atoms with van der Waals surface area (Å²) in [7, 11) is 4.14. The van der Waals surface area contributed by atoms with Gasteiger partial charge in [-0.15, -0.1) is 11.3 Å². The van der Waals surface area contributed by atoms with Crippen LogP contribution in [0.1, 0.15) is 21.4 Å². The molecule has 0 aliphatic rings. The van der Waals surface area contributed by atoms with Crippen LogP contribution in [-0.4, -0.2) is 36.3 Å². The first kappa shape index (κ1) is 20.0. The fourth-order valence-electron chi connectivity index (χ4n) is 3.46. The summed E-state index contributed by atoms with van der Waals surface area (Å²) in [6.45, 7) is 0.474. The Kier molecular flexibility index (Phi) is 5.74.